The molecule has 3 aromatic rings. The predicted octanol–water partition coefficient (Wildman–Crippen LogP) is 8.19. The molecule has 280 valence electrons. The summed E-state index contributed by atoms with van der Waals surface area (Å²) >= 11 is 0. The minimum absolute atomic E-state index is 0.0360. The number of likely N-dealkylation sites (N-methyl/N-ethyl adjacent to an activating group) is 2. The molecule has 1 unspecified atom stereocenters. The van der Waals surface area contributed by atoms with Crippen molar-refractivity contribution < 1.29 is 54.1 Å². The number of hydrogen-bond acceptors (Lipinski definition) is 6. The van der Waals surface area contributed by atoms with Crippen LogP contribution in [0.3, 0.4) is 0 Å². The molecule has 2 aromatic carbocycles. The zero-order valence-corrected chi connectivity index (χ0v) is 30.7. The number of anilines is 2. The number of amides is 1. The fraction of sp³-hybridized carbons (Fsp3) is 0.486. The third-order valence-electron chi connectivity index (χ3n) is 8.88. The lowest BCUT2D eigenvalue weighted by atomic mass is 9.81. The number of rotatable bonds is 9. The summed E-state index contributed by atoms with van der Waals surface area (Å²) in [4.78, 5) is 32.1. The van der Waals surface area contributed by atoms with Gasteiger partial charge in [-0.2, -0.15) is 26.3 Å². The number of hydrogen-bond donors (Lipinski definition) is 1. The Hall–Kier alpha value is -3.49. The Bertz CT molecular complexity index is 1770. The van der Waals surface area contributed by atoms with Crippen molar-refractivity contribution in [1.82, 2.24) is 4.98 Å². The van der Waals surface area contributed by atoms with E-state index in [0.29, 0.717) is 59.9 Å². The third kappa shape index (κ3) is 9.69. The average Bonchev–Trinajstić information content (AvgIpc) is 3.01. The summed E-state index contributed by atoms with van der Waals surface area (Å²) in [6.45, 7) is 11.4. The van der Waals surface area contributed by atoms with Gasteiger partial charge in [0.05, 0.1) is 67.3 Å². The first-order valence-electron chi connectivity index (χ1n) is 16.1. The summed E-state index contributed by atoms with van der Waals surface area (Å²) in [5.74, 6) is -0.178. The number of alkyl halides is 6. The van der Waals surface area contributed by atoms with Crippen molar-refractivity contribution in [3.63, 3.8) is 0 Å². The first-order chi connectivity index (χ1) is 23.2. The second-order valence-electron chi connectivity index (χ2n) is 14.6. The Morgan fingerprint density at radius 2 is 1.45 bits per heavy atom. The summed E-state index contributed by atoms with van der Waals surface area (Å²) in [5, 5.41) is 0. The summed E-state index contributed by atoms with van der Waals surface area (Å²) < 4.78 is 105. The summed E-state index contributed by atoms with van der Waals surface area (Å²) in [6, 6.07) is 10.4. The van der Waals surface area contributed by atoms with Crippen molar-refractivity contribution in [3.8, 4) is 11.1 Å². The normalized spacial score (nSPS) is 16.9. The number of phosphoric ester groups is 1. The quantitative estimate of drug-likeness (QED) is 0.134. The van der Waals surface area contributed by atoms with Crippen LogP contribution < -0.4 is 9.80 Å². The van der Waals surface area contributed by atoms with E-state index in [0.717, 1.165) is 11.1 Å². The van der Waals surface area contributed by atoms with Crippen LogP contribution in [0, 0.1) is 6.92 Å². The van der Waals surface area contributed by atoms with Gasteiger partial charge < -0.3 is 19.2 Å². The maximum absolute atomic E-state index is 14.1. The van der Waals surface area contributed by atoms with Crippen molar-refractivity contribution in [1.29, 1.82) is 0 Å². The van der Waals surface area contributed by atoms with Crippen LogP contribution in [-0.4, -0.2) is 72.9 Å². The molecule has 1 atom stereocenters. The Labute approximate surface area is 294 Å². The third-order valence-corrected chi connectivity index (χ3v) is 10.1. The van der Waals surface area contributed by atoms with Crippen molar-refractivity contribution in [3.05, 3.63) is 77.0 Å². The monoisotopic (exact) mass is 745 g/mol. The van der Waals surface area contributed by atoms with Crippen LogP contribution in [0.1, 0.15) is 56.9 Å². The van der Waals surface area contributed by atoms with E-state index in [1.54, 1.807) is 26.8 Å². The lowest BCUT2D eigenvalue weighted by molar-refractivity contribution is -0.925. The highest BCUT2D eigenvalue weighted by molar-refractivity contribution is 7.47. The van der Waals surface area contributed by atoms with Crippen LogP contribution in [0.2, 0.25) is 0 Å². The van der Waals surface area contributed by atoms with Gasteiger partial charge >= 0.3 is 20.2 Å². The Morgan fingerprint density at radius 3 is 1.96 bits per heavy atom. The van der Waals surface area contributed by atoms with Crippen molar-refractivity contribution in [2.24, 2.45) is 0 Å². The molecule has 0 saturated carbocycles. The van der Waals surface area contributed by atoms with Gasteiger partial charge in [-0.15, -0.1) is 0 Å². The number of pyridine rings is 1. The smallest absolute Gasteiger partial charge is 0.345 e. The van der Waals surface area contributed by atoms with Crippen molar-refractivity contribution >= 4 is 25.2 Å². The van der Waals surface area contributed by atoms with E-state index in [1.165, 1.54) is 32.0 Å². The minimum Gasteiger partial charge on any atom is -0.345 e. The summed E-state index contributed by atoms with van der Waals surface area (Å²) in [5.41, 5.74) is -3.66. The first kappa shape index (κ1) is 40.3. The first-order valence-corrected chi connectivity index (χ1v) is 17.6. The highest BCUT2D eigenvalue weighted by Crippen LogP contribution is 2.48. The molecule has 16 heteroatoms. The molecule has 1 aliphatic heterocycles. The molecule has 1 aromatic heterocycles. The highest BCUT2D eigenvalue weighted by Gasteiger charge is 2.42. The van der Waals surface area contributed by atoms with Crippen LogP contribution in [0.25, 0.3) is 11.1 Å². The molecular formula is C35H44F6N4O5P+. The van der Waals surface area contributed by atoms with Crippen molar-refractivity contribution in [2.45, 2.75) is 64.9 Å². The SMILES string of the molecule is Cc1ccccc1-c1cc(N2CC[N+](C)(COP(=O)(O)OC(C)(C)C)CC2)ncc1N(C)C(=O)C(C)(C)c1cc(C(F)(F)F)cc(C(F)(F)F)c1. The van der Waals surface area contributed by atoms with E-state index in [1.807, 2.05) is 43.1 Å². The number of benzene rings is 2. The van der Waals surface area contributed by atoms with Gasteiger partial charge in [-0.25, -0.2) is 14.1 Å². The molecule has 0 bridgehead atoms. The Morgan fingerprint density at radius 1 is 0.922 bits per heavy atom. The lowest BCUT2D eigenvalue weighted by Gasteiger charge is -2.42. The second-order valence-corrected chi connectivity index (χ2v) is 16.0. The number of aromatic nitrogens is 1. The number of phosphoric acid groups is 1. The van der Waals surface area contributed by atoms with Crippen LogP contribution in [0.4, 0.5) is 37.8 Å². The molecule has 4 rings (SSSR count). The number of carbonyl (C=O) groups is 1. The standard InChI is InChI=1S/C35H43F6N4O5P/c1-23-11-9-10-12-27(23)28-20-30(44-13-15-45(8,16-14-44)22-49-51(47,48)50-32(2,3)4)42-21-29(28)43(7)31(46)33(5,6)24-17-25(34(36,37)38)19-26(18-24)35(39,40)41/h9-12,17-21H,13-16,22H2,1-8H3/p+1. The molecular weight excluding hydrogens is 701 g/mol. The van der Waals surface area contributed by atoms with E-state index < -0.39 is 53.8 Å². The Balaban J connectivity index is 1.66. The molecule has 1 saturated heterocycles. The van der Waals surface area contributed by atoms with Crippen LogP contribution >= 0.6 is 7.82 Å². The molecule has 0 radical (unpaired) electrons. The van der Waals surface area contributed by atoms with Gasteiger partial charge in [0.1, 0.15) is 5.82 Å². The molecule has 0 spiro atoms. The number of carbonyl (C=O) groups excluding carboxylic acids is 1. The van der Waals surface area contributed by atoms with Crippen molar-refractivity contribution in [2.75, 3.05) is 56.8 Å². The molecule has 1 amide bonds. The Kier molecular flexibility index (Phi) is 11.2. The number of nitrogens with zero attached hydrogens (tertiary/aromatic N) is 4. The second kappa shape index (κ2) is 14.1. The van der Waals surface area contributed by atoms with Crippen LogP contribution in [0.5, 0.6) is 0 Å². The predicted molar refractivity (Wildman–Crippen MR) is 182 cm³/mol. The van der Waals surface area contributed by atoms with Gasteiger partial charge in [-0.05, 0) is 82.5 Å². The molecule has 1 fully saturated rings. The number of piperazine rings is 1. The molecule has 1 N–H and O–H groups in total. The number of quaternary nitrogens is 1. The number of aryl methyl sites for hydroxylation is 1. The zero-order valence-electron chi connectivity index (χ0n) is 29.8. The van der Waals surface area contributed by atoms with Gasteiger partial charge in [0.15, 0.2) is 6.73 Å². The van der Waals surface area contributed by atoms with E-state index in [-0.39, 0.29) is 12.8 Å². The molecule has 51 heavy (non-hydrogen) atoms. The lowest BCUT2D eigenvalue weighted by Crippen LogP contribution is -2.58. The summed E-state index contributed by atoms with van der Waals surface area (Å²) in [7, 11) is -0.983. The van der Waals surface area contributed by atoms with E-state index in [2.05, 4.69) is 4.98 Å². The molecule has 0 aliphatic carbocycles. The maximum atomic E-state index is 14.1. The topological polar surface area (TPSA) is 92.2 Å². The maximum Gasteiger partial charge on any atom is 0.477 e. The molecule has 9 nitrogen and oxygen atoms in total. The molecule has 2 heterocycles. The van der Waals surface area contributed by atoms with Gasteiger partial charge in [0, 0.05) is 12.6 Å². The van der Waals surface area contributed by atoms with Gasteiger partial charge in [0.25, 0.3) is 0 Å². The highest BCUT2D eigenvalue weighted by atomic mass is 31.2. The van der Waals surface area contributed by atoms with Gasteiger partial charge in [-0.1, -0.05) is 24.3 Å². The zero-order chi connectivity index (χ0) is 38.4. The fourth-order valence-electron chi connectivity index (χ4n) is 5.83. The van der Waals surface area contributed by atoms with E-state index in [4.69, 9.17) is 9.05 Å². The van der Waals surface area contributed by atoms with Gasteiger partial charge in [0.2, 0.25) is 5.91 Å². The van der Waals surface area contributed by atoms with E-state index >= 15 is 0 Å². The minimum atomic E-state index is -5.07. The summed E-state index contributed by atoms with van der Waals surface area (Å²) in [6.07, 6.45) is -8.67. The largest absolute Gasteiger partial charge is 0.477 e. The van der Waals surface area contributed by atoms with Gasteiger partial charge in [-0.3, -0.25) is 9.32 Å². The van der Waals surface area contributed by atoms with Crippen LogP contribution in [-0.2, 0) is 36.2 Å². The van der Waals surface area contributed by atoms with E-state index in [9.17, 15) is 40.6 Å². The average molecular weight is 746 g/mol. The molecule has 1 aliphatic rings. The number of halogens is 6. The van der Waals surface area contributed by atoms with Crippen LogP contribution in [0.15, 0.2) is 54.7 Å². The fourth-order valence-corrected chi connectivity index (χ4v) is 7.00.